The predicted molar refractivity (Wildman–Crippen MR) is 82.3 cm³/mol. The molecular formula is C15H22BrNO3. The van der Waals surface area contributed by atoms with Crippen LogP contribution in [0.25, 0.3) is 0 Å². The summed E-state index contributed by atoms with van der Waals surface area (Å²) in [5.41, 5.74) is 1.14. The van der Waals surface area contributed by atoms with E-state index >= 15 is 0 Å². The molecule has 0 amide bonds. The van der Waals surface area contributed by atoms with Gasteiger partial charge in [-0.2, -0.15) is 0 Å². The molecule has 1 aromatic carbocycles. The van der Waals surface area contributed by atoms with E-state index in [9.17, 15) is 0 Å². The van der Waals surface area contributed by atoms with Crippen LogP contribution in [0.15, 0.2) is 22.7 Å². The number of morpholine rings is 1. The zero-order valence-electron chi connectivity index (χ0n) is 11.8. The zero-order valence-corrected chi connectivity index (χ0v) is 13.4. The van der Waals surface area contributed by atoms with E-state index in [2.05, 4.69) is 20.8 Å². The zero-order chi connectivity index (χ0) is 14.4. The van der Waals surface area contributed by atoms with Crippen LogP contribution < -0.4 is 4.74 Å². The molecule has 0 aliphatic carbocycles. The summed E-state index contributed by atoms with van der Waals surface area (Å²) in [6.45, 7) is 6.29. The van der Waals surface area contributed by atoms with Gasteiger partial charge in [0.25, 0.3) is 0 Å². The minimum absolute atomic E-state index is 0.0306. The second-order valence-corrected chi connectivity index (χ2v) is 5.90. The summed E-state index contributed by atoms with van der Waals surface area (Å²) in [7, 11) is 0. The van der Waals surface area contributed by atoms with Crippen LogP contribution in [0, 0.1) is 6.92 Å². The van der Waals surface area contributed by atoms with Crippen LogP contribution in [0.1, 0.15) is 12.0 Å². The molecule has 1 saturated heterocycles. The highest BCUT2D eigenvalue weighted by atomic mass is 79.9. The third kappa shape index (κ3) is 4.45. The molecule has 1 aromatic rings. The molecule has 0 radical (unpaired) electrons. The van der Waals surface area contributed by atoms with Crippen molar-refractivity contribution in [3.8, 4) is 5.75 Å². The summed E-state index contributed by atoms with van der Waals surface area (Å²) in [6.07, 6.45) is 0.946. The fourth-order valence-corrected chi connectivity index (χ4v) is 2.66. The lowest BCUT2D eigenvalue weighted by atomic mass is 10.2. The predicted octanol–water partition coefficient (Wildman–Crippen LogP) is 2.22. The molecule has 1 atom stereocenters. The smallest absolute Gasteiger partial charge is 0.123 e. The van der Waals surface area contributed by atoms with E-state index in [-0.39, 0.29) is 12.7 Å². The van der Waals surface area contributed by atoms with Crippen molar-refractivity contribution in [3.63, 3.8) is 0 Å². The highest BCUT2D eigenvalue weighted by molar-refractivity contribution is 9.10. The van der Waals surface area contributed by atoms with Gasteiger partial charge in [-0.15, -0.1) is 0 Å². The molecule has 112 valence electrons. The van der Waals surface area contributed by atoms with E-state index < -0.39 is 0 Å². The Morgan fingerprint density at radius 1 is 1.50 bits per heavy atom. The molecule has 4 nitrogen and oxygen atoms in total. The molecule has 2 rings (SSSR count). The van der Waals surface area contributed by atoms with Crippen molar-refractivity contribution in [2.24, 2.45) is 0 Å². The number of hydrogen-bond acceptors (Lipinski definition) is 4. The number of aliphatic hydroxyl groups excluding tert-OH is 1. The Morgan fingerprint density at radius 2 is 2.35 bits per heavy atom. The van der Waals surface area contributed by atoms with Gasteiger partial charge in [-0.1, -0.05) is 22.0 Å². The van der Waals surface area contributed by atoms with Crippen LogP contribution >= 0.6 is 15.9 Å². The molecule has 0 saturated carbocycles. The monoisotopic (exact) mass is 343 g/mol. The molecule has 1 heterocycles. The third-order valence-electron chi connectivity index (χ3n) is 3.52. The Hall–Kier alpha value is -0.620. The first kappa shape index (κ1) is 15.8. The summed E-state index contributed by atoms with van der Waals surface area (Å²) in [5.74, 6) is 0.939. The number of nitrogens with zero attached hydrogens (tertiary/aromatic N) is 1. The van der Waals surface area contributed by atoms with Gasteiger partial charge in [0, 0.05) is 29.7 Å². The van der Waals surface area contributed by atoms with Crippen molar-refractivity contribution in [3.05, 3.63) is 28.2 Å². The molecule has 1 aliphatic heterocycles. The first-order chi connectivity index (χ1) is 9.70. The number of hydrogen-bond donors (Lipinski definition) is 1. The Labute approximate surface area is 128 Å². The van der Waals surface area contributed by atoms with Crippen molar-refractivity contribution >= 4 is 15.9 Å². The first-order valence-electron chi connectivity index (χ1n) is 7.03. The molecule has 1 fully saturated rings. The molecule has 1 aliphatic rings. The van der Waals surface area contributed by atoms with E-state index in [0.29, 0.717) is 13.2 Å². The molecule has 0 aromatic heterocycles. The lowest BCUT2D eigenvalue weighted by molar-refractivity contribution is -0.0533. The van der Waals surface area contributed by atoms with Gasteiger partial charge < -0.3 is 14.6 Å². The SMILES string of the molecule is Cc1c(Br)cccc1OCCCN1CCOC(CO)C1. The van der Waals surface area contributed by atoms with Gasteiger partial charge in [0.1, 0.15) is 5.75 Å². The van der Waals surface area contributed by atoms with E-state index in [1.165, 1.54) is 0 Å². The maximum atomic E-state index is 9.10. The van der Waals surface area contributed by atoms with Gasteiger partial charge in [0.05, 0.1) is 25.9 Å². The third-order valence-corrected chi connectivity index (χ3v) is 4.38. The van der Waals surface area contributed by atoms with Crippen LogP contribution in [0.5, 0.6) is 5.75 Å². The van der Waals surface area contributed by atoms with E-state index in [1.54, 1.807) is 0 Å². The number of rotatable bonds is 6. The fourth-order valence-electron chi connectivity index (χ4n) is 2.31. The van der Waals surface area contributed by atoms with Crippen molar-refractivity contribution in [2.45, 2.75) is 19.4 Å². The van der Waals surface area contributed by atoms with Crippen molar-refractivity contribution in [2.75, 3.05) is 39.5 Å². The van der Waals surface area contributed by atoms with Gasteiger partial charge in [-0.05, 0) is 25.5 Å². The second kappa shape index (κ2) is 7.98. The Kier molecular flexibility index (Phi) is 6.29. The summed E-state index contributed by atoms with van der Waals surface area (Å²) >= 11 is 3.51. The first-order valence-corrected chi connectivity index (χ1v) is 7.82. The topological polar surface area (TPSA) is 41.9 Å². The van der Waals surface area contributed by atoms with Crippen LogP contribution in [0.4, 0.5) is 0 Å². The number of aliphatic hydroxyl groups is 1. The molecule has 0 spiro atoms. The van der Waals surface area contributed by atoms with Gasteiger partial charge in [-0.25, -0.2) is 0 Å². The summed E-state index contributed by atoms with van der Waals surface area (Å²) < 4.78 is 12.3. The van der Waals surface area contributed by atoms with E-state index in [1.807, 2.05) is 25.1 Å². The quantitative estimate of drug-likeness (QED) is 0.804. The minimum atomic E-state index is -0.0306. The number of halogens is 1. The van der Waals surface area contributed by atoms with Crippen molar-refractivity contribution in [1.82, 2.24) is 4.90 Å². The van der Waals surface area contributed by atoms with Crippen molar-refractivity contribution in [1.29, 1.82) is 0 Å². The highest BCUT2D eigenvalue weighted by Crippen LogP contribution is 2.25. The van der Waals surface area contributed by atoms with Gasteiger partial charge in [-0.3, -0.25) is 4.90 Å². The van der Waals surface area contributed by atoms with E-state index in [0.717, 1.165) is 41.8 Å². The normalized spacial score (nSPS) is 20.1. The molecule has 5 heteroatoms. The lowest BCUT2D eigenvalue weighted by Gasteiger charge is -2.31. The highest BCUT2D eigenvalue weighted by Gasteiger charge is 2.18. The maximum Gasteiger partial charge on any atom is 0.123 e. The van der Waals surface area contributed by atoms with Crippen LogP contribution in [0.2, 0.25) is 0 Å². The Morgan fingerprint density at radius 3 is 3.15 bits per heavy atom. The summed E-state index contributed by atoms with van der Waals surface area (Å²) in [5, 5.41) is 9.10. The molecule has 1 unspecified atom stereocenters. The average Bonchev–Trinajstić information content (AvgIpc) is 2.48. The van der Waals surface area contributed by atoms with Gasteiger partial charge in [0.2, 0.25) is 0 Å². The molecular weight excluding hydrogens is 322 g/mol. The largest absolute Gasteiger partial charge is 0.493 e. The fraction of sp³-hybridized carbons (Fsp3) is 0.600. The second-order valence-electron chi connectivity index (χ2n) is 5.04. The summed E-state index contributed by atoms with van der Waals surface area (Å²) in [4.78, 5) is 2.32. The lowest BCUT2D eigenvalue weighted by Crippen LogP contribution is -2.44. The average molecular weight is 344 g/mol. The van der Waals surface area contributed by atoms with Gasteiger partial charge in [0.15, 0.2) is 0 Å². The number of ether oxygens (including phenoxy) is 2. The Balaban J connectivity index is 1.70. The maximum absolute atomic E-state index is 9.10. The molecule has 20 heavy (non-hydrogen) atoms. The van der Waals surface area contributed by atoms with Crippen molar-refractivity contribution < 1.29 is 14.6 Å². The van der Waals surface area contributed by atoms with Crippen LogP contribution in [-0.4, -0.2) is 55.6 Å². The van der Waals surface area contributed by atoms with E-state index in [4.69, 9.17) is 14.6 Å². The Bertz CT molecular complexity index is 428. The molecule has 1 N–H and O–H groups in total. The summed E-state index contributed by atoms with van der Waals surface area (Å²) in [6, 6.07) is 6.00. The standard InChI is InChI=1S/C15H22BrNO3/c1-12-14(16)4-2-5-15(12)20-8-3-6-17-7-9-19-13(10-17)11-18/h2,4-5,13,18H,3,6-11H2,1H3. The van der Waals surface area contributed by atoms with Gasteiger partial charge >= 0.3 is 0 Å². The minimum Gasteiger partial charge on any atom is -0.493 e. The molecule has 0 bridgehead atoms. The number of benzene rings is 1. The van der Waals surface area contributed by atoms with Crippen LogP contribution in [-0.2, 0) is 4.74 Å². The van der Waals surface area contributed by atoms with Crippen LogP contribution in [0.3, 0.4) is 0 Å².